The molecular formula is C17H25N7O2. The van der Waals surface area contributed by atoms with Gasteiger partial charge in [-0.2, -0.15) is 4.98 Å². The molecule has 1 fully saturated rings. The Balaban J connectivity index is 1.59. The zero-order valence-corrected chi connectivity index (χ0v) is 15.4. The molecule has 140 valence electrons. The highest BCUT2D eigenvalue weighted by Gasteiger charge is 2.27. The van der Waals surface area contributed by atoms with Gasteiger partial charge in [-0.05, 0) is 24.8 Å². The Morgan fingerprint density at radius 1 is 1.42 bits per heavy atom. The fourth-order valence-electron chi connectivity index (χ4n) is 3.03. The third-order valence-corrected chi connectivity index (χ3v) is 4.32. The normalized spacial score (nSPS) is 17.4. The maximum absolute atomic E-state index is 12.6. The van der Waals surface area contributed by atoms with Crippen LogP contribution in [0.3, 0.4) is 0 Å². The van der Waals surface area contributed by atoms with Crippen molar-refractivity contribution in [2.24, 2.45) is 11.8 Å². The van der Waals surface area contributed by atoms with Gasteiger partial charge in [-0.3, -0.25) is 15.2 Å². The first kappa shape index (κ1) is 18.1. The van der Waals surface area contributed by atoms with Crippen LogP contribution in [0.15, 0.2) is 12.1 Å². The molecule has 0 bridgehead atoms. The van der Waals surface area contributed by atoms with Crippen LogP contribution in [0.5, 0.6) is 5.88 Å². The molecule has 3 heterocycles. The molecule has 1 unspecified atom stereocenters. The first-order valence-corrected chi connectivity index (χ1v) is 8.90. The minimum Gasteiger partial charge on any atom is -0.480 e. The number of rotatable bonds is 6. The zero-order valence-electron chi connectivity index (χ0n) is 15.4. The van der Waals surface area contributed by atoms with E-state index in [2.05, 4.69) is 49.4 Å². The van der Waals surface area contributed by atoms with Gasteiger partial charge < -0.3 is 9.64 Å². The maximum Gasteiger partial charge on any atom is 0.248 e. The molecule has 26 heavy (non-hydrogen) atoms. The summed E-state index contributed by atoms with van der Waals surface area (Å²) in [5.41, 5.74) is 0. The molecule has 0 saturated carbocycles. The SMILES string of the molecule is COc1ccc(N2CCCC(C(=O)Nc3n[nH]c(CC(C)C)n3)C2)nn1. The molecule has 0 spiro atoms. The number of hydrogen-bond acceptors (Lipinski definition) is 7. The van der Waals surface area contributed by atoms with E-state index >= 15 is 0 Å². The molecule has 2 aromatic rings. The average molecular weight is 359 g/mol. The number of aromatic nitrogens is 5. The minimum absolute atomic E-state index is 0.0636. The monoisotopic (exact) mass is 359 g/mol. The van der Waals surface area contributed by atoms with Crippen LogP contribution in [0.1, 0.15) is 32.5 Å². The van der Waals surface area contributed by atoms with E-state index in [1.54, 1.807) is 13.2 Å². The molecule has 2 aromatic heterocycles. The summed E-state index contributed by atoms with van der Waals surface area (Å²) in [6.45, 7) is 5.67. The summed E-state index contributed by atoms with van der Waals surface area (Å²) in [6.07, 6.45) is 2.55. The van der Waals surface area contributed by atoms with Gasteiger partial charge in [0.05, 0.1) is 13.0 Å². The van der Waals surface area contributed by atoms with Crippen molar-refractivity contribution in [2.45, 2.75) is 33.1 Å². The van der Waals surface area contributed by atoms with Gasteiger partial charge in [0, 0.05) is 25.6 Å². The highest BCUT2D eigenvalue weighted by Crippen LogP contribution is 2.23. The van der Waals surface area contributed by atoms with Gasteiger partial charge in [0.2, 0.25) is 17.7 Å². The molecule has 9 nitrogen and oxygen atoms in total. The lowest BCUT2D eigenvalue weighted by Gasteiger charge is -2.32. The minimum atomic E-state index is -0.139. The van der Waals surface area contributed by atoms with Gasteiger partial charge in [-0.15, -0.1) is 15.3 Å². The number of carbonyl (C=O) groups excluding carboxylic acids is 1. The fourth-order valence-corrected chi connectivity index (χ4v) is 3.03. The van der Waals surface area contributed by atoms with Crippen molar-refractivity contribution < 1.29 is 9.53 Å². The number of amides is 1. The van der Waals surface area contributed by atoms with Crippen LogP contribution in [-0.4, -0.2) is 51.5 Å². The number of anilines is 2. The molecule has 1 amide bonds. The number of aromatic amines is 1. The van der Waals surface area contributed by atoms with Crippen molar-refractivity contribution in [2.75, 3.05) is 30.4 Å². The second-order valence-electron chi connectivity index (χ2n) is 6.91. The molecule has 0 aliphatic carbocycles. The smallest absolute Gasteiger partial charge is 0.248 e. The predicted molar refractivity (Wildman–Crippen MR) is 97.1 cm³/mol. The number of nitrogens with zero attached hydrogens (tertiary/aromatic N) is 5. The summed E-state index contributed by atoms with van der Waals surface area (Å²) in [7, 11) is 1.56. The Morgan fingerprint density at radius 2 is 2.27 bits per heavy atom. The molecule has 0 radical (unpaired) electrons. The zero-order chi connectivity index (χ0) is 18.5. The fraction of sp³-hybridized carbons (Fsp3) is 0.588. The van der Waals surface area contributed by atoms with E-state index in [4.69, 9.17) is 4.74 Å². The quantitative estimate of drug-likeness (QED) is 0.807. The topological polar surface area (TPSA) is 109 Å². The molecule has 1 atom stereocenters. The van der Waals surface area contributed by atoms with Crippen LogP contribution >= 0.6 is 0 Å². The van der Waals surface area contributed by atoms with E-state index in [9.17, 15) is 4.79 Å². The van der Waals surface area contributed by atoms with Crippen LogP contribution in [0.2, 0.25) is 0 Å². The molecule has 2 N–H and O–H groups in total. The van der Waals surface area contributed by atoms with Gasteiger partial charge >= 0.3 is 0 Å². The van der Waals surface area contributed by atoms with Crippen molar-refractivity contribution in [1.29, 1.82) is 0 Å². The number of ether oxygens (including phenoxy) is 1. The number of piperidine rings is 1. The van der Waals surface area contributed by atoms with Gasteiger partial charge in [-0.1, -0.05) is 13.8 Å². The van der Waals surface area contributed by atoms with Crippen LogP contribution < -0.4 is 15.0 Å². The molecule has 0 aromatic carbocycles. The van der Waals surface area contributed by atoms with Gasteiger partial charge in [-0.25, -0.2) is 0 Å². The molecule has 9 heteroatoms. The van der Waals surface area contributed by atoms with Crippen molar-refractivity contribution in [3.8, 4) is 5.88 Å². The first-order valence-electron chi connectivity index (χ1n) is 8.90. The van der Waals surface area contributed by atoms with Crippen LogP contribution in [0, 0.1) is 11.8 Å². The number of H-pyrrole nitrogens is 1. The summed E-state index contributed by atoms with van der Waals surface area (Å²) in [6, 6.07) is 3.63. The standard InChI is InChI=1S/C17H25N7O2/c1-11(2)9-13-18-17(23-20-13)19-16(25)12-5-4-8-24(10-12)14-6-7-15(26-3)22-21-14/h6-7,11-12H,4-5,8-10H2,1-3H3,(H2,18,19,20,23,25). The van der Waals surface area contributed by atoms with Gasteiger partial charge in [0.25, 0.3) is 0 Å². The second-order valence-corrected chi connectivity index (χ2v) is 6.91. The largest absolute Gasteiger partial charge is 0.480 e. The van der Waals surface area contributed by atoms with E-state index in [1.807, 2.05) is 6.07 Å². The maximum atomic E-state index is 12.6. The molecular weight excluding hydrogens is 334 g/mol. The number of nitrogens with one attached hydrogen (secondary N) is 2. The summed E-state index contributed by atoms with van der Waals surface area (Å²) < 4.78 is 5.04. The van der Waals surface area contributed by atoms with Crippen molar-refractivity contribution in [3.05, 3.63) is 18.0 Å². The number of methoxy groups -OCH3 is 1. The van der Waals surface area contributed by atoms with Crippen LogP contribution in [0.25, 0.3) is 0 Å². The van der Waals surface area contributed by atoms with Crippen molar-refractivity contribution >= 4 is 17.7 Å². The van der Waals surface area contributed by atoms with Gasteiger partial charge in [0.15, 0.2) is 5.82 Å². The summed E-state index contributed by atoms with van der Waals surface area (Å²) in [5.74, 6) is 2.62. The summed E-state index contributed by atoms with van der Waals surface area (Å²) in [5, 5.41) is 17.9. The first-order chi connectivity index (χ1) is 12.5. The average Bonchev–Trinajstić information content (AvgIpc) is 3.08. The Hall–Kier alpha value is -2.71. The number of hydrogen-bond donors (Lipinski definition) is 2. The Bertz CT molecular complexity index is 729. The Kier molecular flexibility index (Phi) is 5.65. The van der Waals surface area contributed by atoms with Crippen LogP contribution in [0.4, 0.5) is 11.8 Å². The van der Waals surface area contributed by atoms with E-state index in [0.29, 0.717) is 24.3 Å². The van der Waals surface area contributed by atoms with E-state index < -0.39 is 0 Å². The van der Waals surface area contributed by atoms with Crippen molar-refractivity contribution in [3.63, 3.8) is 0 Å². The predicted octanol–water partition coefficient (Wildman–Crippen LogP) is 1.66. The molecule has 1 saturated heterocycles. The van der Waals surface area contributed by atoms with Crippen LogP contribution in [-0.2, 0) is 11.2 Å². The molecule has 1 aliphatic rings. The Labute approximate surface area is 152 Å². The lowest BCUT2D eigenvalue weighted by Crippen LogP contribution is -2.41. The highest BCUT2D eigenvalue weighted by atomic mass is 16.5. The molecule has 1 aliphatic heterocycles. The Morgan fingerprint density at radius 3 is 2.96 bits per heavy atom. The third kappa shape index (κ3) is 4.47. The number of carbonyl (C=O) groups is 1. The van der Waals surface area contributed by atoms with E-state index in [0.717, 1.165) is 37.4 Å². The lowest BCUT2D eigenvalue weighted by molar-refractivity contribution is -0.120. The second kappa shape index (κ2) is 8.11. The van der Waals surface area contributed by atoms with E-state index in [-0.39, 0.29) is 11.8 Å². The molecule has 3 rings (SSSR count). The van der Waals surface area contributed by atoms with E-state index in [1.165, 1.54) is 0 Å². The van der Waals surface area contributed by atoms with Crippen molar-refractivity contribution in [1.82, 2.24) is 25.4 Å². The summed E-state index contributed by atoms with van der Waals surface area (Å²) in [4.78, 5) is 19.0. The summed E-state index contributed by atoms with van der Waals surface area (Å²) >= 11 is 0. The third-order valence-electron chi connectivity index (χ3n) is 4.32. The van der Waals surface area contributed by atoms with Gasteiger partial charge in [0.1, 0.15) is 5.82 Å². The lowest BCUT2D eigenvalue weighted by atomic mass is 9.97. The highest BCUT2D eigenvalue weighted by molar-refractivity contribution is 5.91.